The molecule has 2 aromatic heterocycles. The van der Waals surface area contributed by atoms with Crippen molar-refractivity contribution < 1.29 is 9.21 Å². The lowest BCUT2D eigenvalue weighted by Gasteiger charge is -2.25. The minimum absolute atomic E-state index is 0.0725. The van der Waals surface area contributed by atoms with Gasteiger partial charge in [0, 0.05) is 21.9 Å². The third-order valence-electron chi connectivity index (χ3n) is 5.62. The summed E-state index contributed by atoms with van der Waals surface area (Å²) in [5.41, 5.74) is 2.52. The van der Waals surface area contributed by atoms with E-state index in [4.69, 9.17) is 16.6 Å². The molecule has 5 rings (SSSR count). The molecule has 6 nitrogen and oxygen atoms in total. The Bertz CT molecular complexity index is 1300. The SMILES string of the molecule is O=C(CN1C(=S)N[C@H](c2ccccn2)[C@@H]1c1ccc(-c2ccc(Br)cc2)o1)Nc1ccccc1. The summed E-state index contributed by atoms with van der Waals surface area (Å²) >= 11 is 9.12. The largest absolute Gasteiger partial charge is 0.459 e. The van der Waals surface area contributed by atoms with Crippen molar-refractivity contribution in [3.8, 4) is 11.3 Å². The summed E-state index contributed by atoms with van der Waals surface area (Å²) in [7, 11) is 0. The van der Waals surface area contributed by atoms with Crippen LogP contribution in [0.5, 0.6) is 0 Å². The maximum atomic E-state index is 12.9. The van der Waals surface area contributed by atoms with Gasteiger partial charge in [-0.15, -0.1) is 0 Å². The van der Waals surface area contributed by atoms with Crippen LogP contribution in [-0.2, 0) is 4.79 Å². The normalized spacial score (nSPS) is 17.4. The van der Waals surface area contributed by atoms with E-state index in [1.54, 1.807) is 6.20 Å². The molecule has 34 heavy (non-hydrogen) atoms. The van der Waals surface area contributed by atoms with Crippen LogP contribution in [0, 0.1) is 0 Å². The van der Waals surface area contributed by atoms with E-state index in [0.717, 1.165) is 27.2 Å². The fourth-order valence-electron chi connectivity index (χ4n) is 4.04. The van der Waals surface area contributed by atoms with Crippen LogP contribution in [0.4, 0.5) is 5.69 Å². The number of halogens is 1. The van der Waals surface area contributed by atoms with Gasteiger partial charge >= 0.3 is 0 Å². The molecular formula is C26H21BrN4O2S. The highest BCUT2D eigenvalue weighted by molar-refractivity contribution is 9.10. The van der Waals surface area contributed by atoms with Gasteiger partial charge in [-0.3, -0.25) is 9.78 Å². The summed E-state index contributed by atoms with van der Waals surface area (Å²) in [5, 5.41) is 6.75. The Kier molecular flexibility index (Phi) is 6.42. The van der Waals surface area contributed by atoms with Crippen molar-refractivity contribution >= 4 is 44.9 Å². The first-order chi connectivity index (χ1) is 16.6. The van der Waals surface area contributed by atoms with Crippen molar-refractivity contribution in [3.05, 3.63) is 107 Å². The minimum atomic E-state index is -0.340. The lowest BCUT2D eigenvalue weighted by atomic mass is 10.0. The van der Waals surface area contributed by atoms with Crippen molar-refractivity contribution in [1.82, 2.24) is 15.2 Å². The van der Waals surface area contributed by atoms with E-state index < -0.39 is 0 Å². The van der Waals surface area contributed by atoms with Crippen LogP contribution in [0.3, 0.4) is 0 Å². The average molecular weight is 533 g/mol. The number of benzene rings is 2. The van der Waals surface area contributed by atoms with Crippen molar-refractivity contribution in [2.45, 2.75) is 12.1 Å². The van der Waals surface area contributed by atoms with Crippen LogP contribution in [0.15, 0.2) is 100 Å². The number of carbonyl (C=O) groups is 1. The number of thiocarbonyl (C=S) groups is 1. The number of pyridine rings is 1. The maximum absolute atomic E-state index is 12.9. The summed E-state index contributed by atoms with van der Waals surface area (Å²) in [6.45, 7) is 0.0725. The molecule has 170 valence electrons. The predicted octanol–water partition coefficient (Wildman–Crippen LogP) is 5.72. The third-order valence-corrected chi connectivity index (χ3v) is 6.50. The average Bonchev–Trinajstić information content (AvgIpc) is 3.46. The maximum Gasteiger partial charge on any atom is 0.244 e. The van der Waals surface area contributed by atoms with Crippen LogP contribution < -0.4 is 10.6 Å². The van der Waals surface area contributed by atoms with E-state index in [9.17, 15) is 4.79 Å². The number of carbonyl (C=O) groups excluding carboxylic acids is 1. The molecule has 2 aromatic carbocycles. The van der Waals surface area contributed by atoms with Gasteiger partial charge in [-0.2, -0.15) is 0 Å². The number of aromatic nitrogens is 1. The quantitative estimate of drug-likeness (QED) is 0.309. The van der Waals surface area contributed by atoms with E-state index in [1.807, 2.05) is 89.8 Å². The van der Waals surface area contributed by atoms with Crippen molar-refractivity contribution in [3.63, 3.8) is 0 Å². The first-order valence-electron chi connectivity index (χ1n) is 10.8. The number of rotatable bonds is 6. The first-order valence-corrected chi connectivity index (χ1v) is 12.0. The highest BCUT2D eigenvalue weighted by Gasteiger charge is 2.42. The Labute approximate surface area is 211 Å². The lowest BCUT2D eigenvalue weighted by Crippen LogP contribution is -2.36. The topological polar surface area (TPSA) is 70.4 Å². The molecule has 1 amide bonds. The van der Waals surface area contributed by atoms with Crippen LogP contribution in [0.1, 0.15) is 23.5 Å². The Morgan fingerprint density at radius 1 is 1.03 bits per heavy atom. The number of nitrogens with one attached hydrogen (secondary N) is 2. The minimum Gasteiger partial charge on any atom is -0.459 e. The lowest BCUT2D eigenvalue weighted by molar-refractivity contribution is -0.116. The number of amides is 1. The first kappa shape index (κ1) is 22.3. The smallest absolute Gasteiger partial charge is 0.244 e. The van der Waals surface area contributed by atoms with Gasteiger partial charge in [0.2, 0.25) is 5.91 Å². The molecule has 3 heterocycles. The van der Waals surface area contributed by atoms with Crippen molar-refractivity contribution in [2.75, 3.05) is 11.9 Å². The Morgan fingerprint density at radius 3 is 2.53 bits per heavy atom. The van der Waals surface area contributed by atoms with Gasteiger partial charge in [0.25, 0.3) is 0 Å². The molecule has 0 saturated carbocycles. The van der Waals surface area contributed by atoms with Crippen molar-refractivity contribution in [1.29, 1.82) is 0 Å². The van der Waals surface area contributed by atoms with Gasteiger partial charge < -0.3 is 20.0 Å². The molecular weight excluding hydrogens is 512 g/mol. The highest BCUT2D eigenvalue weighted by atomic mass is 79.9. The molecule has 1 aliphatic heterocycles. The highest BCUT2D eigenvalue weighted by Crippen LogP contribution is 2.40. The summed E-state index contributed by atoms with van der Waals surface area (Å²) in [6.07, 6.45) is 1.75. The molecule has 2 N–H and O–H groups in total. The fraction of sp³-hybridized carbons (Fsp3) is 0.115. The van der Waals surface area contributed by atoms with Crippen LogP contribution in [-0.4, -0.2) is 27.4 Å². The van der Waals surface area contributed by atoms with Gasteiger partial charge in [0.15, 0.2) is 5.11 Å². The Hall–Kier alpha value is -3.49. The zero-order valence-electron chi connectivity index (χ0n) is 18.0. The second-order valence-electron chi connectivity index (χ2n) is 7.88. The second kappa shape index (κ2) is 9.79. The zero-order valence-corrected chi connectivity index (χ0v) is 20.4. The molecule has 1 aliphatic rings. The molecule has 0 aliphatic carbocycles. The summed E-state index contributed by atoms with van der Waals surface area (Å²) < 4.78 is 7.31. The molecule has 0 unspecified atom stereocenters. The second-order valence-corrected chi connectivity index (χ2v) is 9.18. The Balaban J connectivity index is 1.46. The number of nitrogens with zero attached hydrogens (tertiary/aromatic N) is 2. The molecule has 1 saturated heterocycles. The third kappa shape index (κ3) is 4.73. The van der Waals surface area contributed by atoms with E-state index in [-0.39, 0.29) is 24.5 Å². The molecule has 8 heteroatoms. The summed E-state index contributed by atoms with van der Waals surface area (Å²) in [4.78, 5) is 19.3. The van der Waals surface area contributed by atoms with Gasteiger partial charge in [-0.1, -0.05) is 52.3 Å². The molecule has 0 radical (unpaired) electrons. The number of para-hydroxylation sites is 1. The molecule has 0 spiro atoms. The zero-order chi connectivity index (χ0) is 23.5. The number of anilines is 1. The van der Waals surface area contributed by atoms with E-state index in [1.165, 1.54) is 0 Å². The summed E-state index contributed by atoms with van der Waals surface area (Å²) in [5.74, 6) is 1.28. The predicted molar refractivity (Wildman–Crippen MR) is 139 cm³/mol. The fourth-order valence-corrected chi connectivity index (χ4v) is 4.61. The molecule has 4 aromatic rings. The van der Waals surface area contributed by atoms with Gasteiger partial charge in [0.1, 0.15) is 24.1 Å². The van der Waals surface area contributed by atoms with Gasteiger partial charge in [-0.05, 0) is 60.7 Å². The van der Waals surface area contributed by atoms with E-state index in [0.29, 0.717) is 10.9 Å². The van der Waals surface area contributed by atoms with E-state index >= 15 is 0 Å². The molecule has 1 fully saturated rings. The number of hydrogen-bond donors (Lipinski definition) is 2. The number of furan rings is 1. The molecule has 0 bridgehead atoms. The van der Waals surface area contributed by atoms with Gasteiger partial charge in [-0.25, -0.2) is 0 Å². The van der Waals surface area contributed by atoms with Gasteiger partial charge in [0.05, 0.1) is 11.7 Å². The van der Waals surface area contributed by atoms with Crippen LogP contribution in [0.2, 0.25) is 0 Å². The van der Waals surface area contributed by atoms with Crippen LogP contribution in [0.25, 0.3) is 11.3 Å². The monoisotopic (exact) mass is 532 g/mol. The van der Waals surface area contributed by atoms with Crippen LogP contribution >= 0.6 is 28.1 Å². The van der Waals surface area contributed by atoms with Crippen molar-refractivity contribution in [2.24, 2.45) is 0 Å². The standard InChI is InChI=1S/C26H21BrN4O2S/c27-18-11-9-17(10-12-18)21-13-14-22(33-21)25-24(20-8-4-5-15-28-20)30-26(34)31(25)16-23(32)29-19-6-2-1-3-7-19/h1-15,24-25H,16H2,(H,29,32)(H,30,34)/t24-,25+/m1/s1. The summed E-state index contributed by atoms with van der Waals surface area (Å²) in [6, 6.07) is 26.3. The number of hydrogen-bond acceptors (Lipinski definition) is 4. The van der Waals surface area contributed by atoms with E-state index in [2.05, 4.69) is 31.5 Å². The molecule has 2 atom stereocenters. The Morgan fingerprint density at radius 2 is 1.79 bits per heavy atom.